The molecule has 0 unspecified atom stereocenters. The van der Waals surface area contributed by atoms with Gasteiger partial charge in [0.1, 0.15) is 5.70 Å². The van der Waals surface area contributed by atoms with Crippen molar-refractivity contribution in [3.63, 3.8) is 0 Å². The molecule has 0 aliphatic carbocycles. The second kappa shape index (κ2) is 8.58. The van der Waals surface area contributed by atoms with Crippen LogP contribution in [0, 0.1) is 13.8 Å². The Labute approximate surface area is 191 Å². The molecule has 0 fully saturated rings. The Morgan fingerprint density at radius 2 is 1.52 bits per heavy atom. The summed E-state index contributed by atoms with van der Waals surface area (Å²) in [4.78, 5) is 27.9. The molecule has 0 saturated carbocycles. The summed E-state index contributed by atoms with van der Waals surface area (Å²) < 4.78 is 0. The molecule has 6 heteroatoms. The second-order valence-corrected chi connectivity index (χ2v) is 8.37. The van der Waals surface area contributed by atoms with Crippen LogP contribution in [0.5, 0.6) is 0 Å². The minimum absolute atomic E-state index is 0.157. The summed E-state index contributed by atoms with van der Waals surface area (Å²) in [6, 6.07) is 20.1. The first-order valence-electron chi connectivity index (χ1n) is 9.78. The molecule has 4 nitrogen and oxygen atoms in total. The smallest absolute Gasteiger partial charge is 0.278 e. The molecule has 31 heavy (non-hydrogen) atoms. The molecule has 0 saturated heterocycles. The van der Waals surface area contributed by atoms with Crippen molar-refractivity contribution < 1.29 is 9.59 Å². The monoisotopic (exact) mass is 450 g/mol. The average Bonchev–Trinajstić information content (AvgIpc) is 2.97. The quantitative estimate of drug-likeness (QED) is 0.484. The van der Waals surface area contributed by atoms with Crippen LogP contribution >= 0.6 is 23.2 Å². The van der Waals surface area contributed by atoms with Gasteiger partial charge in [-0.15, -0.1) is 0 Å². The van der Waals surface area contributed by atoms with Gasteiger partial charge in [0.25, 0.3) is 11.8 Å². The van der Waals surface area contributed by atoms with Crippen molar-refractivity contribution in [1.29, 1.82) is 0 Å². The first-order chi connectivity index (χ1) is 14.8. The molecule has 0 aromatic heterocycles. The largest absolute Gasteiger partial charge is 0.350 e. The van der Waals surface area contributed by atoms with E-state index in [1.165, 1.54) is 4.90 Å². The van der Waals surface area contributed by atoms with Gasteiger partial charge in [0.15, 0.2) is 0 Å². The third-order valence-electron chi connectivity index (χ3n) is 5.20. The molecule has 1 aliphatic heterocycles. The molecule has 0 atom stereocenters. The summed E-state index contributed by atoms with van der Waals surface area (Å²) >= 11 is 12.2. The maximum absolute atomic E-state index is 13.3. The standard InChI is InChI=1S/C25H20Cl2N2O2/c1-15-3-8-18(9-4-15)22-23(28-20-12-5-16(2)21(27)13-20)25(31)29(24(22)30)14-17-6-10-19(26)11-7-17/h3-13,28H,14H2,1-2H3. The second-order valence-electron chi connectivity index (χ2n) is 7.53. The number of nitrogens with one attached hydrogen (secondary N) is 1. The summed E-state index contributed by atoms with van der Waals surface area (Å²) in [6.07, 6.45) is 0. The van der Waals surface area contributed by atoms with E-state index in [1.807, 2.05) is 50.2 Å². The molecule has 0 spiro atoms. The number of aryl methyl sites for hydroxylation is 2. The first kappa shape index (κ1) is 21.2. The Morgan fingerprint density at radius 3 is 2.16 bits per heavy atom. The van der Waals surface area contributed by atoms with E-state index < -0.39 is 0 Å². The molecule has 0 bridgehead atoms. The number of benzene rings is 3. The minimum atomic E-state index is -0.382. The van der Waals surface area contributed by atoms with E-state index in [4.69, 9.17) is 23.2 Å². The Kier molecular flexibility index (Phi) is 5.86. The predicted molar refractivity (Wildman–Crippen MR) is 125 cm³/mol. The highest BCUT2D eigenvalue weighted by atomic mass is 35.5. The molecule has 156 valence electrons. The molecule has 1 N–H and O–H groups in total. The number of hydrogen-bond acceptors (Lipinski definition) is 3. The first-order valence-corrected chi connectivity index (χ1v) is 10.5. The fourth-order valence-corrected chi connectivity index (χ4v) is 3.72. The number of carbonyl (C=O) groups is 2. The van der Waals surface area contributed by atoms with E-state index in [2.05, 4.69) is 5.32 Å². The van der Waals surface area contributed by atoms with Crippen molar-refractivity contribution in [2.75, 3.05) is 5.32 Å². The Balaban J connectivity index is 1.74. The van der Waals surface area contributed by atoms with Gasteiger partial charge in [0.2, 0.25) is 0 Å². The van der Waals surface area contributed by atoms with Gasteiger partial charge in [-0.2, -0.15) is 0 Å². The summed E-state index contributed by atoms with van der Waals surface area (Å²) in [7, 11) is 0. The van der Waals surface area contributed by atoms with Gasteiger partial charge >= 0.3 is 0 Å². The van der Waals surface area contributed by atoms with Crippen molar-refractivity contribution in [2.24, 2.45) is 0 Å². The predicted octanol–water partition coefficient (Wildman–Crippen LogP) is 6.00. The zero-order chi connectivity index (χ0) is 22.1. The highest BCUT2D eigenvalue weighted by molar-refractivity contribution is 6.36. The number of hydrogen-bond donors (Lipinski definition) is 1. The van der Waals surface area contributed by atoms with Gasteiger partial charge in [-0.3, -0.25) is 14.5 Å². The minimum Gasteiger partial charge on any atom is -0.350 e. The van der Waals surface area contributed by atoms with Gasteiger partial charge in [-0.05, 0) is 54.8 Å². The Hall–Kier alpha value is -3.08. The number of nitrogens with zero attached hydrogens (tertiary/aromatic N) is 1. The summed E-state index contributed by atoms with van der Waals surface area (Å²) in [5.74, 6) is -0.725. The number of imide groups is 1. The van der Waals surface area contributed by atoms with E-state index in [9.17, 15) is 9.59 Å². The van der Waals surface area contributed by atoms with Crippen LogP contribution < -0.4 is 5.32 Å². The van der Waals surface area contributed by atoms with Crippen LogP contribution in [0.15, 0.2) is 72.4 Å². The van der Waals surface area contributed by atoms with Crippen molar-refractivity contribution in [1.82, 2.24) is 4.90 Å². The maximum Gasteiger partial charge on any atom is 0.278 e. The van der Waals surface area contributed by atoms with Gasteiger partial charge in [-0.1, -0.05) is 71.2 Å². The molecule has 3 aromatic carbocycles. The molecule has 0 radical (unpaired) electrons. The molecule has 3 aromatic rings. The van der Waals surface area contributed by atoms with E-state index in [0.29, 0.717) is 26.9 Å². The Bertz CT molecular complexity index is 1200. The average molecular weight is 451 g/mol. The molecule has 2 amide bonds. The van der Waals surface area contributed by atoms with Crippen LogP contribution in [0.1, 0.15) is 22.3 Å². The highest BCUT2D eigenvalue weighted by Crippen LogP contribution is 2.32. The number of halogens is 2. The summed E-state index contributed by atoms with van der Waals surface area (Å²) in [5.41, 5.74) is 4.72. The van der Waals surface area contributed by atoms with Crippen molar-refractivity contribution in [3.8, 4) is 0 Å². The summed E-state index contributed by atoms with van der Waals surface area (Å²) in [6.45, 7) is 4.03. The zero-order valence-electron chi connectivity index (χ0n) is 17.1. The number of anilines is 1. The van der Waals surface area contributed by atoms with Crippen LogP contribution in [0.3, 0.4) is 0 Å². The van der Waals surface area contributed by atoms with Crippen LogP contribution in [-0.4, -0.2) is 16.7 Å². The number of amides is 2. The SMILES string of the molecule is Cc1ccc(C2=C(Nc3ccc(C)c(Cl)c3)C(=O)N(Cc3ccc(Cl)cc3)C2=O)cc1. The lowest BCUT2D eigenvalue weighted by Gasteiger charge is -2.15. The lowest BCUT2D eigenvalue weighted by atomic mass is 10.0. The maximum atomic E-state index is 13.3. The third-order valence-corrected chi connectivity index (χ3v) is 5.86. The molecular formula is C25H20Cl2N2O2. The molecule has 1 aliphatic rings. The van der Waals surface area contributed by atoms with E-state index in [-0.39, 0.29) is 24.1 Å². The van der Waals surface area contributed by atoms with Crippen LogP contribution in [-0.2, 0) is 16.1 Å². The van der Waals surface area contributed by atoms with Crippen molar-refractivity contribution in [2.45, 2.75) is 20.4 Å². The van der Waals surface area contributed by atoms with Gasteiger partial charge in [-0.25, -0.2) is 0 Å². The fourth-order valence-electron chi connectivity index (χ4n) is 3.41. The van der Waals surface area contributed by atoms with Gasteiger partial charge in [0.05, 0.1) is 12.1 Å². The molecular weight excluding hydrogens is 431 g/mol. The number of carbonyl (C=O) groups excluding carboxylic acids is 2. The van der Waals surface area contributed by atoms with Crippen LogP contribution in [0.2, 0.25) is 10.0 Å². The summed E-state index contributed by atoms with van der Waals surface area (Å²) in [5, 5.41) is 4.32. The van der Waals surface area contributed by atoms with E-state index in [0.717, 1.165) is 16.7 Å². The lowest BCUT2D eigenvalue weighted by Crippen LogP contribution is -2.32. The highest BCUT2D eigenvalue weighted by Gasteiger charge is 2.39. The normalized spacial score (nSPS) is 13.9. The van der Waals surface area contributed by atoms with Gasteiger partial charge in [0, 0.05) is 15.7 Å². The third kappa shape index (κ3) is 4.36. The van der Waals surface area contributed by atoms with Gasteiger partial charge < -0.3 is 5.32 Å². The lowest BCUT2D eigenvalue weighted by molar-refractivity contribution is -0.137. The molecule has 4 rings (SSSR count). The van der Waals surface area contributed by atoms with Crippen molar-refractivity contribution in [3.05, 3.63) is 105 Å². The van der Waals surface area contributed by atoms with Crippen molar-refractivity contribution >= 4 is 46.3 Å². The topological polar surface area (TPSA) is 49.4 Å². The zero-order valence-corrected chi connectivity index (χ0v) is 18.6. The van der Waals surface area contributed by atoms with E-state index in [1.54, 1.807) is 30.3 Å². The van der Waals surface area contributed by atoms with E-state index >= 15 is 0 Å². The van der Waals surface area contributed by atoms with Crippen LogP contribution in [0.25, 0.3) is 5.57 Å². The number of rotatable bonds is 5. The Morgan fingerprint density at radius 1 is 0.839 bits per heavy atom. The molecule has 1 heterocycles. The fraction of sp³-hybridized carbons (Fsp3) is 0.120. The van der Waals surface area contributed by atoms with Crippen LogP contribution in [0.4, 0.5) is 5.69 Å².